The smallest absolute Gasteiger partial charge is 0.242 e. The van der Waals surface area contributed by atoms with Gasteiger partial charge >= 0.3 is 0 Å². The van der Waals surface area contributed by atoms with Crippen LogP contribution >= 0.6 is 23.4 Å². The molecule has 2 aromatic rings. The average Bonchev–Trinajstić information content (AvgIpc) is 2.66. The Balaban J connectivity index is 2.05. The quantitative estimate of drug-likeness (QED) is 0.655. The maximum Gasteiger partial charge on any atom is 0.242 e. The zero-order valence-corrected chi connectivity index (χ0v) is 18.1. The van der Waals surface area contributed by atoms with E-state index in [1.807, 2.05) is 62.4 Å². The van der Waals surface area contributed by atoms with Crippen molar-refractivity contribution in [3.8, 4) is 0 Å². The molecule has 28 heavy (non-hydrogen) atoms. The fourth-order valence-corrected chi connectivity index (χ4v) is 3.95. The monoisotopic (exact) mass is 418 g/mol. The number of amides is 2. The van der Waals surface area contributed by atoms with Crippen LogP contribution in [0.25, 0.3) is 0 Å². The van der Waals surface area contributed by atoms with Crippen molar-refractivity contribution in [2.45, 2.75) is 39.1 Å². The number of hydrogen-bond acceptors (Lipinski definition) is 3. The number of benzene rings is 2. The molecule has 1 atom stereocenters. The Kier molecular flexibility index (Phi) is 8.87. The predicted molar refractivity (Wildman–Crippen MR) is 117 cm³/mol. The van der Waals surface area contributed by atoms with Gasteiger partial charge in [0.1, 0.15) is 6.04 Å². The molecule has 0 saturated heterocycles. The summed E-state index contributed by atoms with van der Waals surface area (Å²) in [6.07, 6.45) is 0. The van der Waals surface area contributed by atoms with Crippen LogP contribution in [0.5, 0.6) is 0 Å². The molecular weight excluding hydrogens is 392 g/mol. The molecule has 4 nitrogen and oxygen atoms in total. The van der Waals surface area contributed by atoms with Gasteiger partial charge < -0.3 is 10.2 Å². The molecule has 6 heteroatoms. The van der Waals surface area contributed by atoms with E-state index in [9.17, 15) is 9.59 Å². The Morgan fingerprint density at radius 1 is 1.14 bits per heavy atom. The van der Waals surface area contributed by atoms with Gasteiger partial charge in [-0.15, -0.1) is 11.8 Å². The van der Waals surface area contributed by atoms with Gasteiger partial charge in [-0.25, -0.2) is 0 Å². The third-order valence-electron chi connectivity index (χ3n) is 4.34. The number of nitrogens with one attached hydrogen (secondary N) is 1. The first-order valence-electron chi connectivity index (χ1n) is 9.35. The Morgan fingerprint density at radius 2 is 1.86 bits per heavy atom. The highest BCUT2D eigenvalue weighted by molar-refractivity contribution is 7.99. The lowest BCUT2D eigenvalue weighted by atomic mass is 10.1. The van der Waals surface area contributed by atoms with Crippen LogP contribution in [-0.2, 0) is 21.9 Å². The molecule has 0 aliphatic carbocycles. The summed E-state index contributed by atoms with van der Waals surface area (Å²) < 4.78 is 0. The van der Waals surface area contributed by atoms with Gasteiger partial charge in [0.15, 0.2) is 0 Å². The van der Waals surface area contributed by atoms with Gasteiger partial charge in [-0.2, -0.15) is 0 Å². The van der Waals surface area contributed by atoms with E-state index in [2.05, 4.69) is 5.32 Å². The molecular formula is C22H27ClN2O2S. The summed E-state index contributed by atoms with van der Waals surface area (Å²) in [6, 6.07) is 15.1. The van der Waals surface area contributed by atoms with Crippen LogP contribution in [0.3, 0.4) is 0 Å². The largest absolute Gasteiger partial charge is 0.355 e. The lowest BCUT2D eigenvalue weighted by Gasteiger charge is -2.28. The van der Waals surface area contributed by atoms with E-state index in [1.165, 1.54) is 11.8 Å². The van der Waals surface area contributed by atoms with Crippen LogP contribution < -0.4 is 5.32 Å². The molecule has 150 valence electrons. The molecule has 2 amide bonds. The summed E-state index contributed by atoms with van der Waals surface area (Å²) in [5.74, 6) is 0.818. The van der Waals surface area contributed by atoms with E-state index < -0.39 is 6.04 Å². The van der Waals surface area contributed by atoms with Gasteiger partial charge in [-0.1, -0.05) is 53.6 Å². The van der Waals surface area contributed by atoms with Crippen LogP contribution in [0.15, 0.2) is 48.5 Å². The number of rotatable bonds is 9. The number of carbonyl (C=O) groups is 2. The molecule has 0 aliphatic rings. The molecule has 0 heterocycles. The average molecular weight is 419 g/mol. The first kappa shape index (κ1) is 22.3. The second-order valence-corrected chi connectivity index (χ2v) is 8.13. The zero-order chi connectivity index (χ0) is 20.5. The number of aryl methyl sites for hydroxylation is 1. The number of likely N-dealkylation sites (N-methyl/N-ethyl adjacent to an activating group) is 1. The van der Waals surface area contributed by atoms with Crippen molar-refractivity contribution >= 4 is 35.2 Å². The number of halogens is 1. The Hall–Kier alpha value is -1.98. The predicted octanol–water partition coefficient (Wildman–Crippen LogP) is 4.44. The number of carbonyl (C=O) groups excluding carboxylic acids is 2. The second kappa shape index (κ2) is 11.1. The maximum absolute atomic E-state index is 12.9. The topological polar surface area (TPSA) is 49.4 Å². The highest BCUT2D eigenvalue weighted by atomic mass is 35.5. The first-order chi connectivity index (χ1) is 13.4. The van der Waals surface area contributed by atoms with Gasteiger partial charge in [0.25, 0.3) is 0 Å². The Labute approximate surface area is 176 Å². The maximum atomic E-state index is 12.9. The van der Waals surface area contributed by atoms with Crippen LogP contribution in [0.2, 0.25) is 5.02 Å². The van der Waals surface area contributed by atoms with E-state index in [0.717, 1.165) is 16.7 Å². The standard InChI is InChI=1S/C22H27ClN2O2S/c1-4-24-22(27)17(3)25(13-18-8-5-7-16(2)11-18)21(26)15-28-14-19-9-6-10-20(23)12-19/h5-12,17H,4,13-15H2,1-3H3,(H,24,27)/t17-/m0/s1. The zero-order valence-electron chi connectivity index (χ0n) is 16.6. The summed E-state index contributed by atoms with van der Waals surface area (Å²) in [5, 5.41) is 3.50. The fraction of sp³-hybridized carbons (Fsp3) is 0.364. The third-order valence-corrected chi connectivity index (χ3v) is 5.56. The minimum Gasteiger partial charge on any atom is -0.355 e. The van der Waals surface area contributed by atoms with Crippen molar-refractivity contribution in [2.24, 2.45) is 0 Å². The minimum absolute atomic E-state index is 0.0488. The van der Waals surface area contributed by atoms with E-state index in [-0.39, 0.29) is 11.8 Å². The van der Waals surface area contributed by atoms with Crippen molar-refractivity contribution in [3.05, 3.63) is 70.2 Å². The molecule has 2 aromatic carbocycles. The molecule has 0 bridgehead atoms. The van der Waals surface area contributed by atoms with Crippen molar-refractivity contribution < 1.29 is 9.59 Å². The van der Waals surface area contributed by atoms with Gasteiger partial charge in [0.05, 0.1) is 5.75 Å². The molecule has 0 aromatic heterocycles. The normalized spacial score (nSPS) is 11.7. The summed E-state index contributed by atoms with van der Waals surface area (Å²) in [7, 11) is 0. The van der Waals surface area contributed by atoms with Gasteiger partial charge in [-0.3, -0.25) is 9.59 Å². The van der Waals surface area contributed by atoms with Crippen LogP contribution in [-0.4, -0.2) is 35.1 Å². The first-order valence-corrected chi connectivity index (χ1v) is 10.9. The molecule has 0 aliphatic heterocycles. The van der Waals surface area contributed by atoms with Crippen LogP contribution in [0.1, 0.15) is 30.5 Å². The van der Waals surface area contributed by atoms with Gasteiger partial charge in [-0.05, 0) is 44.0 Å². The molecule has 2 rings (SSSR count). The molecule has 0 spiro atoms. The van der Waals surface area contributed by atoms with E-state index in [1.54, 1.807) is 11.8 Å². The summed E-state index contributed by atoms with van der Waals surface area (Å²) in [4.78, 5) is 26.9. The second-order valence-electron chi connectivity index (χ2n) is 6.70. The number of hydrogen-bond donors (Lipinski definition) is 1. The lowest BCUT2D eigenvalue weighted by molar-refractivity contribution is -0.138. The van der Waals surface area contributed by atoms with Crippen molar-refractivity contribution in [3.63, 3.8) is 0 Å². The summed E-state index contributed by atoms with van der Waals surface area (Å²) in [5.41, 5.74) is 3.22. The van der Waals surface area contributed by atoms with Gasteiger partial charge in [0, 0.05) is 23.9 Å². The van der Waals surface area contributed by atoms with E-state index >= 15 is 0 Å². The summed E-state index contributed by atoms with van der Waals surface area (Å²) >= 11 is 7.54. The number of thioether (sulfide) groups is 1. The summed E-state index contributed by atoms with van der Waals surface area (Å²) in [6.45, 7) is 6.62. The minimum atomic E-state index is -0.528. The van der Waals surface area contributed by atoms with Crippen molar-refractivity contribution in [1.29, 1.82) is 0 Å². The Morgan fingerprint density at radius 3 is 2.54 bits per heavy atom. The number of nitrogens with zero attached hydrogens (tertiary/aromatic N) is 1. The lowest BCUT2D eigenvalue weighted by Crippen LogP contribution is -2.48. The highest BCUT2D eigenvalue weighted by Gasteiger charge is 2.25. The third kappa shape index (κ3) is 6.88. The highest BCUT2D eigenvalue weighted by Crippen LogP contribution is 2.18. The van der Waals surface area contributed by atoms with E-state index in [4.69, 9.17) is 11.6 Å². The van der Waals surface area contributed by atoms with Crippen LogP contribution in [0.4, 0.5) is 0 Å². The Bertz CT molecular complexity index is 813. The van der Waals surface area contributed by atoms with E-state index in [0.29, 0.717) is 29.6 Å². The molecule has 0 saturated carbocycles. The molecule has 0 unspecified atom stereocenters. The molecule has 1 N–H and O–H groups in total. The molecule has 0 radical (unpaired) electrons. The SMILES string of the molecule is CCNC(=O)[C@H](C)N(Cc1cccc(C)c1)C(=O)CSCc1cccc(Cl)c1. The molecule has 0 fully saturated rings. The van der Waals surface area contributed by atoms with Gasteiger partial charge in [0.2, 0.25) is 11.8 Å². The van der Waals surface area contributed by atoms with Crippen molar-refractivity contribution in [2.75, 3.05) is 12.3 Å². The van der Waals surface area contributed by atoms with Crippen LogP contribution in [0, 0.1) is 6.92 Å². The van der Waals surface area contributed by atoms with Crippen molar-refractivity contribution in [1.82, 2.24) is 10.2 Å². The fourth-order valence-electron chi connectivity index (χ4n) is 2.88.